The summed E-state index contributed by atoms with van der Waals surface area (Å²) in [6.45, 7) is 9.16. The molecule has 108 valence electrons. The van der Waals surface area contributed by atoms with Crippen LogP contribution in [0.1, 0.15) is 45.0 Å². The van der Waals surface area contributed by atoms with Crippen molar-refractivity contribution in [1.82, 2.24) is 9.97 Å². The van der Waals surface area contributed by atoms with Gasteiger partial charge in [0.15, 0.2) is 0 Å². The highest BCUT2D eigenvalue weighted by Crippen LogP contribution is 2.21. The number of rotatable bonds is 8. The molecule has 1 aromatic rings. The number of anilines is 2. The number of hydrogen-bond donors (Lipinski definition) is 3. The van der Waals surface area contributed by atoms with Gasteiger partial charge < -0.3 is 15.7 Å². The second kappa shape index (κ2) is 7.94. The molecule has 0 aliphatic heterocycles. The predicted octanol–water partition coefficient (Wildman–Crippen LogP) is 2.35. The summed E-state index contributed by atoms with van der Waals surface area (Å²) in [5.74, 6) is 2.56. The molecule has 0 fully saturated rings. The van der Waals surface area contributed by atoms with Crippen LogP contribution >= 0.6 is 0 Å². The van der Waals surface area contributed by atoms with Gasteiger partial charge in [-0.3, -0.25) is 0 Å². The maximum Gasteiger partial charge on any atom is 0.135 e. The molecule has 19 heavy (non-hydrogen) atoms. The number of hydrogen-bond acceptors (Lipinski definition) is 5. The number of aliphatic hydroxyl groups is 1. The Morgan fingerprint density at radius 3 is 2.37 bits per heavy atom. The summed E-state index contributed by atoms with van der Waals surface area (Å²) in [6.07, 6.45) is 2.74. The molecule has 1 rings (SSSR count). The maximum atomic E-state index is 9.30. The standard InChI is InChI=1S/C14H26N4O/c1-5-8-12-17-13(15-7-3)10(4)14(18-12)16-11(6-2)9-19/h11,19H,5-9H2,1-4H3,(H2,15,16,17,18). The number of aliphatic hydroxyl groups excluding tert-OH is 1. The van der Waals surface area contributed by atoms with Gasteiger partial charge in [0.2, 0.25) is 0 Å². The van der Waals surface area contributed by atoms with Crippen LogP contribution in [0.25, 0.3) is 0 Å². The van der Waals surface area contributed by atoms with Crippen molar-refractivity contribution in [2.45, 2.75) is 53.0 Å². The van der Waals surface area contributed by atoms with E-state index < -0.39 is 0 Å². The van der Waals surface area contributed by atoms with Gasteiger partial charge in [0.1, 0.15) is 17.5 Å². The number of nitrogens with zero attached hydrogens (tertiary/aromatic N) is 2. The number of aromatic nitrogens is 2. The smallest absolute Gasteiger partial charge is 0.135 e. The first kappa shape index (κ1) is 15.7. The van der Waals surface area contributed by atoms with Gasteiger partial charge in [-0.2, -0.15) is 0 Å². The second-order valence-electron chi connectivity index (χ2n) is 4.67. The molecule has 0 radical (unpaired) electrons. The van der Waals surface area contributed by atoms with Crippen molar-refractivity contribution in [2.75, 3.05) is 23.8 Å². The quantitative estimate of drug-likeness (QED) is 0.674. The third-order valence-corrected chi connectivity index (χ3v) is 3.06. The molecule has 1 heterocycles. The molecule has 0 spiro atoms. The average molecular weight is 266 g/mol. The van der Waals surface area contributed by atoms with E-state index in [0.29, 0.717) is 0 Å². The predicted molar refractivity (Wildman–Crippen MR) is 79.7 cm³/mol. The minimum atomic E-state index is 0.0394. The minimum Gasteiger partial charge on any atom is -0.394 e. The first-order valence-corrected chi connectivity index (χ1v) is 7.14. The monoisotopic (exact) mass is 266 g/mol. The molecule has 0 amide bonds. The highest BCUT2D eigenvalue weighted by molar-refractivity contribution is 5.57. The Morgan fingerprint density at radius 2 is 1.84 bits per heavy atom. The van der Waals surface area contributed by atoms with Gasteiger partial charge in [0.25, 0.3) is 0 Å². The Hall–Kier alpha value is -1.36. The summed E-state index contributed by atoms with van der Waals surface area (Å²) in [5, 5.41) is 15.9. The van der Waals surface area contributed by atoms with Crippen molar-refractivity contribution in [3.8, 4) is 0 Å². The van der Waals surface area contributed by atoms with Crippen LogP contribution in [-0.4, -0.2) is 34.3 Å². The maximum absolute atomic E-state index is 9.30. The van der Waals surface area contributed by atoms with Gasteiger partial charge in [-0.25, -0.2) is 9.97 Å². The summed E-state index contributed by atoms with van der Waals surface area (Å²) in [6, 6.07) is 0.0394. The molecule has 1 aromatic heterocycles. The van der Waals surface area contributed by atoms with E-state index in [2.05, 4.69) is 34.4 Å². The van der Waals surface area contributed by atoms with Crippen LogP contribution in [0.3, 0.4) is 0 Å². The zero-order chi connectivity index (χ0) is 14.3. The summed E-state index contributed by atoms with van der Waals surface area (Å²) < 4.78 is 0. The number of nitrogens with one attached hydrogen (secondary N) is 2. The summed E-state index contributed by atoms with van der Waals surface area (Å²) >= 11 is 0. The molecule has 0 aromatic carbocycles. The summed E-state index contributed by atoms with van der Waals surface area (Å²) in [7, 11) is 0. The molecule has 0 aliphatic rings. The molecule has 1 atom stereocenters. The van der Waals surface area contributed by atoms with Gasteiger partial charge in [-0.1, -0.05) is 13.8 Å². The lowest BCUT2D eigenvalue weighted by atomic mass is 10.2. The molecule has 0 saturated heterocycles. The van der Waals surface area contributed by atoms with E-state index in [9.17, 15) is 5.11 Å². The van der Waals surface area contributed by atoms with Crippen LogP contribution in [0.5, 0.6) is 0 Å². The lowest BCUT2D eigenvalue weighted by molar-refractivity contribution is 0.271. The molecule has 0 bridgehead atoms. The van der Waals surface area contributed by atoms with Crippen LogP contribution < -0.4 is 10.6 Å². The van der Waals surface area contributed by atoms with Crippen LogP contribution in [-0.2, 0) is 6.42 Å². The average Bonchev–Trinajstić information content (AvgIpc) is 2.41. The molecule has 0 aliphatic carbocycles. The number of aryl methyl sites for hydroxylation is 1. The molecular formula is C14H26N4O. The van der Waals surface area contributed by atoms with Gasteiger partial charge in [-0.05, 0) is 26.7 Å². The zero-order valence-electron chi connectivity index (χ0n) is 12.5. The van der Waals surface area contributed by atoms with Gasteiger partial charge in [0.05, 0.1) is 12.6 Å². The second-order valence-corrected chi connectivity index (χ2v) is 4.67. The zero-order valence-corrected chi connectivity index (χ0v) is 12.5. The van der Waals surface area contributed by atoms with Crippen molar-refractivity contribution in [1.29, 1.82) is 0 Å². The van der Waals surface area contributed by atoms with Crippen molar-refractivity contribution in [2.24, 2.45) is 0 Å². The Labute approximate surface area is 115 Å². The van der Waals surface area contributed by atoms with Crippen LogP contribution in [0.15, 0.2) is 0 Å². The van der Waals surface area contributed by atoms with Crippen LogP contribution in [0, 0.1) is 6.92 Å². The van der Waals surface area contributed by atoms with E-state index in [-0.39, 0.29) is 12.6 Å². The summed E-state index contributed by atoms with van der Waals surface area (Å²) in [5.41, 5.74) is 1.01. The van der Waals surface area contributed by atoms with E-state index in [1.54, 1.807) is 0 Å². The SMILES string of the molecule is CCCc1nc(NCC)c(C)c(NC(CC)CO)n1. The lowest BCUT2D eigenvalue weighted by Gasteiger charge is -2.19. The van der Waals surface area contributed by atoms with Gasteiger partial charge >= 0.3 is 0 Å². The minimum absolute atomic E-state index is 0.0394. The summed E-state index contributed by atoms with van der Waals surface area (Å²) in [4.78, 5) is 9.11. The Kier molecular flexibility index (Phi) is 6.56. The lowest BCUT2D eigenvalue weighted by Crippen LogP contribution is -2.24. The highest BCUT2D eigenvalue weighted by atomic mass is 16.3. The fraction of sp³-hybridized carbons (Fsp3) is 0.714. The van der Waals surface area contributed by atoms with E-state index in [0.717, 1.165) is 48.8 Å². The normalized spacial score (nSPS) is 12.3. The van der Waals surface area contributed by atoms with E-state index >= 15 is 0 Å². The van der Waals surface area contributed by atoms with Crippen molar-refractivity contribution in [3.05, 3.63) is 11.4 Å². The van der Waals surface area contributed by atoms with Crippen molar-refractivity contribution in [3.63, 3.8) is 0 Å². The molecule has 5 heteroatoms. The Balaban J connectivity index is 3.05. The van der Waals surface area contributed by atoms with Gasteiger partial charge in [-0.15, -0.1) is 0 Å². The van der Waals surface area contributed by atoms with Crippen LogP contribution in [0.2, 0.25) is 0 Å². The largest absolute Gasteiger partial charge is 0.394 e. The fourth-order valence-electron chi connectivity index (χ4n) is 1.85. The highest BCUT2D eigenvalue weighted by Gasteiger charge is 2.13. The Morgan fingerprint density at radius 1 is 1.16 bits per heavy atom. The fourth-order valence-corrected chi connectivity index (χ4v) is 1.85. The van der Waals surface area contributed by atoms with Crippen LogP contribution in [0.4, 0.5) is 11.6 Å². The first-order valence-electron chi connectivity index (χ1n) is 7.14. The molecule has 0 saturated carbocycles. The molecular weight excluding hydrogens is 240 g/mol. The van der Waals surface area contributed by atoms with E-state index in [1.165, 1.54) is 0 Å². The van der Waals surface area contributed by atoms with Gasteiger partial charge in [0, 0.05) is 18.5 Å². The molecule has 3 N–H and O–H groups in total. The Bertz CT molecular complexity index is 391. The van der Waals surface area contributed by atoms with Crippen molar-refractivity contribution >= 4 is 11.6 Å². The third kappa shape index (κ3) is 4.35. The molecule has 5 nitrogen and oxygen atoms in total. The van der Waals surface area contributed by atoms with E-state index in [1.807, 2.05) is 13.8 Å². The third-order valence-electron chi connectivity index (χ3n) is 3.06. The van der Waals surface area contributed by atoms with E-state index in [4.69, 9.17) is 0 Å². The topological polar surface area (TPSA) is 70.1 Å². The van der Waals surface area contributed by atoms with Crippen molar-refractivity contribution < 1.29 is 5.11 Å². The molecule has 1 unspecified atom stereocenters. The first-order chi connectivity index (χ1) is 9.15.